The molecule has 3 nitrogen and oxygen atoms in total. The van der Waals surface area contributed by atoms with Gasteiger partial charge < -0.3 is 9.84 Å². The van der Waals surface area contributed by atoms with Crippen LogP contribution in [0, 0.1) is 23.0 Å². The van der Waals surface area contributed by atoms with E-state index in [4.69, 9.17) is 10.00 Å². The Hall–Kier alpha value is -2.45. The fraction of sp³-hybridized carbons (Fsp3) is 0.133. The molecule has 0 amide bonds. The summed E-state index contributed by atoms with van der Waals surface area (Å²) in [6.07, 6.45) is -1.28. The number of benzene rings is 2. The van der Waals surface area contributed by atoms with Crippen LogP contribution in [0.2, 0.25) is 0 Å². The van der Waals surface area contributed by atoms with Crippen molar-refractivity contribution >= 4 is 0 Å². The lowest BCUT2D eigenvalue weighted by atomic mass is 10.1. The molecule has 0 aromatic heterocycles. The van der Waals surface area contributed by atoms with Crippen molar-refractivity contribution < 1.29 is 18.6 Å². The van der Waals surface area contributed by atoms with Crippen molar-refractivity contribution in [3.05, 3.63) is 65.2 Å². The molecule has 102 valence electrons. The van der Waals surface area contributed by atoms with Gasteiger partial charge in [-0.15, -0.1) is 0 Å². The minimum absolute atomic E-state index is 0.154. The number of nitrogens with zero attached hydrogens (tertiary/aromatic N) is 1. The van der Waals surface area contributed by atoms with E-state index in [9.17, 15) is 13.9 Å². The summed E-state index contributed by atoms with van der Waals surface area (Å²) in [7, 11) is 0. The number of rotatable bonds is 4. The highest BCUT2D eigenvalue weighted by Crippen LogP contribution is 2.20. The first kappa shape index (κ1) is 14.0. The lowest BCUT2D eigenvalue weighted by Gasteiger charge is -2.13. The molecule has 0 aliphatic carbocycles. The Kier molecular flexibility index (Phi) is 4.28. The van der Waals surface area contributed by atoms with Gasteiger partial charge in [0.25, 0.3) is 0 Å². The maximum atomic E-state index is 13.4. The molecule has 1 unspecified atom stereocenters. The molecule has 0 heterocycles. The Morgan fingerprint density at radius 2 is 1.85 bits per heavy atom. The normalized spacial score (nSPS) is 11.7. The lowest BCUT2D eigenvalue weighted by Crippen LogP contribution is -2.11. The highest BCUT2D eigenvalue weighted by molar-refractivity contribution is 5.34. The maximum Gasteiger partial charge on any atom is 0.129 e. The third-order valence-corrected chi connectivity index (χ3v) is 2.71. The number of hydrogen-bond acceptors (Lipinski definition) is 3. The van der Waals surface area contributed by atoms with E-state index in [1.807, 2.05) is 6.07 Å². The largest absolute Gasteiger partial charge is 0.491 e. The van der Waals surface area contributed by atoms with Crippen LogP contribution in [0.4, 0.5) is 8.78 Å². The molecule has 0 bridgehead atoms. The van der Waals surface area contributed by atoms with Crippen LogP contribution in [0.3, 0.4) is 0 Å². The molecule has 0 saturated heterocycles. The van der Waals surface area contributed by atoms with Gasteiger partial charge in [-0.2, -0.15) is 5.26 Å². The predicted octanol–water partition coefficient (Wildman–Crippen LogP) is 2.95. The second kappa shape index (κ2) is 6.13. The number of hydrogen-bond donors (Lipinski definition) is 1. The highest BCUT2D eigenvalue weighted by atomic mass is 19.1. The Bertz CT molecular complexity index is 635. The summed E-state index contributed by atoms with van der Waals surface area (Å²) in [6, 6.07) is 11.1. The van der Waals surface area contributed by atoms with Crippen molar-refractivity contribution in [2.24, 2.45) is 0 Å². The minimum atomic E-state index is -1.28. The zero-order valence-corrected chi connectivity index (χ0v) is 10.4. The first-order valence-electron chi connectivity index (χ1n) is 5.86. The number of nitriles is 1. The molecule has 2 aromatic carbocycles. The SMILES string of the molecule is N#Cc1ccc(OCC(O)c2cc(F)ccc2F)cc1. The third-order valence-electron chi connectivity index (χ3n) is 2.71. The quantitative estimate of drug-likeness (QED) is 0.933. The Labute approximate surface area is 114 Å². The van der Waals surface area contributed by atoms with E-state index in [1.54, 1.807) is 24.3 Å². The van der Waals surface area contributed by atoms with Gasteiger partial charge in [-0.3, -0.25) is 0 Å². The van der Waals surface area contributed by atoms with Crippen LogP contribution in [-0.2, 0) is 0 Å². The number of ether oxygens (including phenoxy) is 1. The predicted molar refractivity (Wildman–Crippen MR) is 68.0 cm³/mol. The smallest absolute Gasteiger partial charge is 0.129 e. The first-order valence-corrected chi connectivity index (χ1v) is 5.86. The monoisotopic (exact) mass is 275 g/mol. The van der Waals surface area contributed by atoms with E-state index in [2.05, 4.69) is 0 Å². The van der Waals surface area contributed by atoms with Gasteiger partial charge in [0.15, 0.2) is 0 Å². The molecular formula is C15H11F2NO2. The van der Waals surface area contributed by atoms with Gasteiger partial charge >= 0.3 is 0 Å². The van der Waals surface area contributed by atoms with Gasteiger partial charge in [0, 0.05) is 5.56 Å². The second-order valence-electron chi connectivity index (χ2n) is 4.13. The van der Waals surface area contributed by atoms with Crippen LogP contribution >= 0.6 is 0 Å². The van der Waals surface area contributed by atoms with E-state index in [-0.39, 0.29) is 12.2 Å². The number of aliphatic hydroxyl groups is 1. The molecule has 1 N–H and O–H groups in total. The fourth-order valence-electron chi connectivity index (χ4n) is 1.66. The fourth-order valence-corrected chi connectivity index (χ4v) is 1.66. The average molecular weight is 275 g/mol. The minimum Gasteiger partial charge on any atom is -0.491 e. The van der Waals surface area contributed by atoms with E-state index >= 15 is 0 Å². The summed E-state index contributed by atoms with van der Waals surface area (Å²) in [5, 5.41) is 18.4. The Morgan fingerprint density at radius 3 is 2.50 bits per heavy atom. The summed E-state index contributed by atoms with van der Waals surface area (Å²) in [5.41, 5.74) is 0.327. The van der Waals surface area contributed by atoms with E-state index < -0.39 is 17.7 Å². The molecule has 0 spiro atoms. The molecule has 0 saturated carbocycles. The van der Waals surface area contributed by atoms with Crippen LogP contribution in [0.15, 0.2) is 42.5 Å². The maximum absolute atomic E-state index is 13.4. The summed E-state index contributed by atoms with van der Waals surface area (Å²) < 4.78 is 31.7. The van der Waals surface area contributed by atoms with Crippen molar-refractivity contribution in [3.63, 3.8) is 0 Å². The summed E-state index contributed by atoms with van der Waals surface area (Å²) in [4.78, 5) is 0. The first-order chi connectivity index (χ1) is 9.60. The highest BCUT2D eigenvalue weighted by Gasteiger charge is 2.14. The molecule has 2 aromatic rings. The van der Waals surface area contributed by atoms with E-state index in [0.717, 1.165) is 18.2 Å². The van der Waals surface area contributed by atoms with Gasteiger partial charge in [-0.25, -0.2) is 8.78 Å². The van der Waals surface area contributed by atoms with Crippen molar-refractivity contribution in [1.82, 2.24) is 0 Å². The van der Waals surface area contributed by atoms with Crippen LogP contribution in [0.5, 0.6) is 5.75 Å². The molecule has 0 fully saturated rings. The number of halogens is 2. The molecule has 1 atom stereocenters. The molecule has 0 aliphatic rings. The van der Waals surface area contributed by atoms with Gasteiger partial charge in [0.1, 0.15) is 30.1 Å². The van der Waals surface area contributed by atoms with Gasteiger partial charge in [0.05, 0.1) is 11.6 Å². The zero-order valence-electron chi connectivity index (χ0n) is 10.4. The van der Waals surface area contributed by atoms with Gasteiger partial charge in [0.2, 0.25) is 0 Å². The molecular weight excluding hydrogens is 264 g/mol. The topological polar surface area (TPSA) is 53.2 Å². The van der Waals surface area contributed by atoms with Crippen LogP contribution < -0.4 is 4.74 Å². The van der Waals surface area contributed by atoms with Crippen LogP contribution in [0.1, 0.15) is 17.2 Å². The van der Waals surface area contributed by atoms with Crippen molar-refractivity contribution in [2.75, 3.05) is 6.61 Å². The zero-order chi connectivity index (χ0) is 14.5. The second-order valence-corrected chi connectivity index (χ2v) is 4.13. The lowest BCUT2D eigenvalue weighted by molar-refractivity contribution is 0.104. The molecule has 0 radical (unpaired) electrons. The number of aliphatic hydroxyl groups excluding tert-OH is 1. The van der Waals surface area contributed by atoms with Crippen molar-refractivity contribution in [1.29, 1.82) is 5.26 Å². The van der Waals surface area contributed by atoms with Gasteiger partial charge in [-0.1, -0.05) is 0 Å². The van der Waals surface area contributed by atoms with Crippen LogP contribution in [-0.4, -0.2) is 11.7 Å². The van der Waals surface area contributed by atoms with Crippen LogP contribution in [0.25, 0.3) is 0 Å². The molecule has 0 aliphatic heterocycles. The Morgan fingerprint density at radius 1 is 1.15 bits per heavy atom. The van der Waals surface area contributed by atoms with E-state index in [0.29, 0.717) is 11.3 Å². The third kappa shape index (κ3) is 3.31. The molecule has 5 heteroatoms. The average Bonchev–Trinajstić information content (AvgIpc) is 2.47. The molecule has 20 heavy (non-hydrogen) atoms. The summed E-state index contributed by atoms with van der Waals surface area (Å²) >= 11 is 0. The summed E-state index contributed by atoms with van der Waals surface area (Å²) in [6.45, 7) is -0.216. The van der Waals surface area contributed by atoms with E-state index in [1.165, 1.54) is 0 Å². The van der Waals surface area contributed by atoms with Gasteiger partial charge in [-0.05, 0) is 42.5 Å². The van der Waals surface area contributed by atoms with Crippen molar-refractivity contribution in [3.8, 4) is 11.8 Å². The standard InChI is InChI=1S/C15H11F2NO2/c16-11-3-6-14(17)13(7-11)15(19)9-20-12-4-1-10(8-18)2-5-12/h1-7,15,19H,9H2. The van der Waals surface area contributed by atoms with Crippen molar-refractivity contribution in [2.45, 2.75) is 6.10 Å². The molecule has 2 rings (SSSR count). The Balaban J connectivity index is 2.02. The summed E-state index contributed by atoms with van der Waals surface area (Å²) in [5.74, 6) is -0.888.